The predicted molar refractivity (Wildman–Crippen MR) is 55.0 cm³/mol. The first-order chi connectivity index (χ1) is 6.65. The number of aliphatic hydroxyl groups excluding tert-OH is 1. The molecule has 1 amide bonds. The van der Waals surface area contributed by atoms with E-state index in [0.717, 1.165) is 25.9 Å². The summed E-state index contributed by atoms with van der Waals surface area (Å²) in [4.78, 5) is 15.3. The van der Waals surface area contributed by atoms with Crippen LogP contribution in [0.3, 0.4) is 0 Å². The molecule has 1 heterocycles. The number of aliphatic hydroxyl groups is 1. The van der Waals surface area contributed by atoms with E-state index in [1.807, 2.05) is 11.9 Å². The lowest BCUT2D eigenvalue weighted by Gasteiger charge is -2.27. The fourth-order valence-corrected chi connectivity index (χ4v) is 2.06. The maximum atomic E-state index is 11.3. The minimum absolute atomic E-state index is 0.171. The Morgan fingerprint density at radius 2 is 2.36 bits per heavy atom. The Morgan fingerprint density at radius 3 is 2.93 bits per heavy atom. The van der Waals surface area contributed by atoms with E-state index in [0.29, 0.717) is 12.6 Å². The van der Waals surface area contributed by atoms with E-state index in [9.17, 15) is 4.79 Å². The summed E-state index contributed by atoms with van der Waals surface area (Å²) >= 11 is 0. The lowest BCUT2D eigenvalue weighted by atomic mass is 10.2. The first kappa shape index (κ1) is 11.5. The Bertz CT molecular complexity index is 197. The van der Waals surface area contributed by atoms with Gasteiger partial charge < -0.3 is 14.9 Å². The van der Waals surface area contributed by atoms with Gasteiger partial charge in [-0.3, -0.25) is 4.79 Å². The molecule has 1 aliphatic heterocycles. The van der Waals surface area contributed by atoms with Crippen LogP contribution in [-0.4, -0.2) is 60.1 Å². The molecule has 1 fully saturated rings. The molecule has 1 aliphatic rings. The number of nitrogens with zero attached hydrogens (tertiary/aromatic N) is 2. The number of rotatable bonds is 4. The normalized spacial score (nSPS) is 22.0. The Labute approximate surface area is 85.5 Å². The maximum Gasteiger partial charge on any atom is 0.219 e. The van der Waals surface area contributed by atoms with Crippen molar-refractivity contribution >= 4 is 5.91 Å². The maximum absolute atomic E-state index is 11.3. The Hall–Kier alpha value is -0.610. The third kappa shape index (κ3) is 2.96. The summed E-state index contributed by atoms with van der Waals surface area (Å²) in [6, 6.07) is 0.351. The fourth-order valence-electron chi connectivity index (χ4n) is 2.06. The van der Waals surface area contributed by atoms with Crippen molar-refractivity contribution < 1.29 is 9.90 Å². The van der Waals surface area contributed by atoms with Gasteiger partial charge in [0.25, 0.3) is 0 Å². The molecule has 1 unspecified atom stereocenters. The molecule has 82 valence electrons. The van der Waals surface area contributed by atoms with Crippen LogP contribution in [0.4, 0.5) is 0 Å². The van der Waals surface area contributed by atoms with Crippen LogP contribution in [0, 0.1) is 0 Å². The zero-order valence-electron chi connectivity index (χ0n) is 9.07. The van der Waals surface area contributed by atoms with E-state index in [-0.39, 0.29) is 12.5 Å². The lowest BCUT2D eigenvalue weighted by Crippen LogP contribution is -2.41. The van der Waals surface area contributed by atoms with Gasteiger partial charge in [-0.25, -0.2) is 0 Å². The second-order valence-electron chi connectivity index (χ2n) is 3.99. The Morgan fingerprint density at radius 1 is 1.64 bits per heavy atom. The number of hydrogen-bond donors (Lipinski definition) is 1. The van der Waals surface area contributed by atoms with Crippen LogP contribution in [0.2, 0.25) is 0 Å². The molecule has 0 aromatic carbocycles. The first-order valence-electron chi connectivity index (χ1n) is 5.21. The predicted octanol–water partition coefficient (Wildman–Crippen LogP) is -0.0786. The third-order valence-electron chi connectivity index (χ3n) is 2.79. The molecule has 0 aromatic rings. The quantitative estimate of drug-likeness (QED) is 0.690. The zero-order chi connectivity index (χ0) is 10.6. The third-order valence-corrected chi connectivity index (χ3v) is 2.79. The molecule has 0 radical (unpaired) electrons. The van der Waals surface area contributed by atoms with E-state index in [1.165, 1.54) is 0 Å². The van der Waals surface area contributed by atoms with Gasteiger partial charge >= 0.3 is 0 Å². The van der Waals surface area contributed by atoms with Crippen LogP contribution in [0.1, 0.15) is 19.8 Å². The number of carbonyl (C=O) groups excluding carboxylic acids is 1. The van der Waals surface area contributed by atoms with E-state index < -0.39 is 0 Å². The van der Waals surface area contributed by atoms with Gasteiger partial charge in [0.2, 0.25) is 5.91 Å². The summed E-state index contributed by atoms with van der Waals surface area (Å²) < 4.78 is 0. The SMILES string of the molecule is CC(=O)N1CCCC1CN(C)CCO. The molecule has 1 N–H and O–H groups in total. The van der Waals surface area contributed by atoms with E-state index >= 15 is 0 Å². The molecule has 0 aliphatic carbocycles. The molecule has 0 saturated carbocycles. The highest BCUT2D eigenvalue weighted by Crippen LogP contribution is 2.17. The van der Waals surface area contributed by atoms with Crippen LogP contribution in [0.25, 0.3) is 0 Å². The number of carbonyl (C=O) groups is 1. The Kier molecular flexibility index (Phi) is 4.35. The second kappa shape index (κ2) is 5.32. The van der Waals surface area contributed by atoms with Gasteiger partial charge in [-0.2, -0.15) is 0 Å². The van der Waals surface area contributed by atoms with Crippen LogP contribution in [0.15, 0.2) is 0 Å². The molecule has 0 aromatic heterocycles. The lowest BCUT2D eigenvalue weighted by molar-refractivity contribution is -0.129. The summed E-state index contributed by atoms with van der Waals surface area (Å²) in [5, 5.41) is 8.76. The molecule has 1 rings (SSSR count). The van der Waals surface area contributed by atoms with Crippen molar-refractivity contribution in [3.63, 3.8) is 0 Å². The van der Waals surface area contributed by atoms with Gasteiger partial charge in [-0.05, 0) is 19.9 Å². The molecule has 4 heteroatoms. The Balaban J connectivity index is 2.39. The van der Waals surface area contributed by atoms with Crippen molar-refractivity contribution in [2.24, 2.45) is 0 Å². The average Bonchev–Trinajstić information content (AvgIpc) is 2.52. The van der Waals surface area contributed by atoms with Gasteiger partial charge in [0, 0.05) is 32.6 Å². The van der Waals surface area contributed by atoms with Gasteiger partial charge in [0.05, 0.1) is 6.61 Å². The van der Waals surface area contributed by atoms with E-state index in [4.69, 9.17) is 5.11 Å². The van der Waals surface area contributed by atoms with Crippen molar-refractivity contribution in [3.8, 4) is 0 Å². The molecule has 1 saturated heterocycles. The summed E-state index contributed by atoms with van der Waals surface area (Å²) in [6.45, 7) is 4.27. The molecular weight excluding hydrogens is 180 g/mol. The molecule has 0 bridgehead atoms. The second-order valence-corrected chi connectivity index (χ2v) is 3.99. The molecule has 4 nitrogen and oxygen atoms in total. The monoisotopic (exact) mass is 200 g/mol. The molecule has 14 heavy (non-hydrogen) atoms. The van der Waals surface area contributed by atoms with Crippen molar-refractivity contribution in [2.45, 2.75) is 25.8 Å². The standard InChI is InChI=1S/C10H20N2O2/c1-9(14)12-5-3-4-10(12)8-11(2)6-7-13/h10,13H,3-8H2,1-2H3. The number of likely N-dealkylation sites (tertiary alicyclic amines) is 1. The summed E-state index contributed by atoms with van der Waals surface area (Å²) in [7, 11) is 1.98. The summed E-state index contributed by atoms with van der Waals surface area (Å²) in [5.41, 5.74) is 0. The van der Waals surface area contributed by atoms with Crippen molar-refractivity contribution in [2.75, 3.05) is 33.3 Å². The van der Waals surface area contributed by atoms with Crippen LogP contribution in [-0.2, 0) is 4.79 Å². The van der Waals surface area contributed by atoms with Crippen LogP contribution < -0.4 is 0 Å². The van der Waals surface area contributed by atoms with Gasteiger partial charge in [-0.15, -0.1) is 0 Å². The number of likely N-dealkylation sites (N-methyl/N-ethyl adjacent to an activating group) is 1. The van der Waals surface area contributed by atoms with E-state index in [1.54, 1.807) is 6.92 Å². The molecule has 1 atom stereocenters. The largest absolute Gasteiger partial charge is 0.395 e. The van der Waals surface area contributed by atoms with Crippen LogP contribution >= 0.6 is 0 Å². The van der Waals surface area contributed by atoms with Crippen molar-refractivity contribution in [1.29, 1.82) is 0 Å². The smallest absolute Gasteiger partial charge is 0.219 e. The zero-order valence-corrected chi connectivity index (χ0v) is 9.07. The molecule has 0 spiro atoms. The minimum Gasteiger partial charge on any atom is -0.395 e. The van der Waals surface area contributed by atoms with Crippen LogP contribution in [0.5, 0.6) is 0 Å². The number of amides is 1. The fraction of sp³-hybridized carbons (Fsp3) is 0.900. The van der Waals surface area contributed by atoms with Gasteiger partial charge in [-0.1, -0.05) is 0 Å². The summed E-state index contributed by atoms with van der Waals surface area (Å²) in [5.74, 6) is 0.171. The topological polar surface area (TPSA) is 43.8 Å². The van der Waals surface area contributed by atoms with Gasteiger partial charge in [0.1, 0.15) is 0 Å². The van der Waals surface area contributed by atoms with Crippen molar-refractivity contribution in [3.05, 3.63) is 0 Å². The number of hydrogen-bond acceptors (Lipinski definition) is 3. The highest BCUT2D eigenvalue weighted by atomic mass is 16.3. The average molecular weight is 200 g/mol. The summed E-state index contributed by atoms with van der Waals surface area (Å²) in [6.07, 6.45) is 2.20. The van der Waals surface area contributed by atoms with Gasteiger partial charge in [0.15, 0.2) is 0 Å². The van der Waals surface area contributed by atoms with Crippen molar-refractivity contribution in [1.82, 2.24) is 9.80 Å². The molecular formula is C10H20N2O2. The highest BCUT2D eigenvalue weighted by Gasteiger charge is 2.26. The minimum atomic E-state index is 0.171. The first-order valence-corrected chi connectivity index (χ1v) is 5.21. The van der Waals surface area contributed by atoms with E-state index in [2.05, 4.69) is 4.90 Å². The highest BCUT2D eigenvalue weighted by molar-refractivity contribution is 5.73.